The van der Waals surface area contributed by atoms with Crippen LogP contribution in [0.5, 0.6) is 0 Å². The Morgan fingerprint density at radius 2 is 1.83 bits per heavy atom. The standard InChI is InChI=1S/C19H20N4O/c24-19(20-16-5-1-2-6-16)15-11-9-14(10-12-15)13-23-18-8-4-3-7-17(18)21-22-23/h3-4,7-12,16H,1-2,5-6,13H2,(H,20,24). The summed E-state index contributed by atoms with van der Waals surface area (Å²) in [7, 11) is 0. The Hall–Kier alpha value is -2.69. The van der Waals surface area contributed by atoms with Crippen LogP contribution in [0.25, 0.3) is 11.0 Å². The van der Waals surface area contributed by atoms with Gasteiger partial charge in [-0.15, -0.1) is 5.10 Å². The summed E-state index contributed by atoms with van der Waals surface area (Å²) in [6, 6.07) is 16.0. The third kappa shape index (κ3) is 3.02. The molecule has 1 aliphatic carbocycles. The molecule has 2 aromatic carbocycles. The molecule has 0 unspecified atom stereocenters. The van der Waals surface area contributed by atoms with E-state index in [9.17, 15) is 4.79 Å². The average molecular weight is 320 g/mol. The summed E-state index contributed by atoms with van der Waals surface area (Å²) in [6.07, 6.45) is 4.64. The molecule has 1 aliphatic rings. The highest BCUT2D eigenvalue weighted by atomic mass is 16.1. The predicted molar refractivity (Wildman–Crippen MR) is 92.8 cm³/mol. The van der Waals surface area contributed by atoms with Gasteiger partial charge >= 0.3 is 0 Å². The number of fused-ring (bicyclic) bond motifs is 1. The normalized spacial score (nSPS) is 15.0. The molecular formula is C19H20N4O. The second kappa shape index (κ2) is 6.43. The number of hydrogen-bond acceptors (Lipinski definition) is 3. The summed E-state index contributed by atoms with van der Waals surface area (Å²) < 4.78 is 1.88. The van der Waals surface area contributed by atoms with Gasteiger partial charge in [-0.05, 0) is 42.7 Å². The van der Waals surface area contributed by atoms with E-state index in [4.69, 9.17) is 0 Å². The zero-order valence-electron chi connectivity index (χ0n) is 13.5. The molecule has 0 atom stereocenters. The van der Waals surface area contributed by atoms with Crippen LogP contribution < -0.4 is 5.32 Å². The number of rotatable bonds is 4. The van der Waals surface area contributed by atoms with E-state index >= 15 is 0 Å². The third-order valence-electron chi connectivity index (χ3n) is 4.66. The van der Waals surface area contributed by atoms with Crippen LogP contribution in [0.2, 0.25) is 0 Å². The second-order valence-electron chi connectivity index (χ2n) is 6.39. The quantitative estimate of drug-likeness (QED) is 0.803. The Morgan fingerprint density at radius 1 is 1.08 bits per heavy atom. The van der Waals surface area contributed by atoms with Crippen LogP contribution in [0.1, 0.15) is 41.6 Å². The van der Waals surface area contributed by atoms with Gasteiger partial charge in [-0.3, -0.25) is 4.79 Å². The molecule has 4 rings (SSSR count). The first-order valence-electron chi connectivity index (χ1n) is 8.48. The second-order valence-corrected chi connectivity index (χ2v) is 6.39. The smallest absolute Gasteiger partial charge is 0.251 e. The molecule has 5 nitrogen and oxygen atoms in total. The van der Waals surface area contributed by atoms with Gasteiger partial charge < -0.3 is 5.32 Å². The predicted octanol–water partition coefficient (Wildman–Crippen LogP) is 3.15. The average Bonchev–Trinajstić information content (AvgIpc) is 3.26. The van der Waals surface area contributed by atoms with Gasteiger partial charge in [-0.2, -0.15) is 0 Å². The number of amides is 1. The van der Waals surface area contributed by atoms with Crippen molar-refractivity contribution in [3.8, 4) is 0 Å². The van der Waals surface area contributed by atoms with Crippen molar-refractivity contribution in [1.82, 2.24) is 20.3 Å². The molecule has 0 bridgehead atoms. The Morgan fingerprint density at radius 3 is 2.62 bits per heavy atom. The zero-order valence-corrected chi connectivity index (χ0v) is 13.5. The van der Waals surface area contributed by atoms with Crippen molar-refractivity contribution in [2.75, 3.05) is 0 Å². The van der Waals surface area contributed by atoms with Gasteiger partial charge in [0, 0.05) is 11.6 Å². The van der Waals surface area contributed by atoms with Gasteiger partial charge in [-0.25, -0.2) is 4.68 Å². The van der Waals surface area contributed by atoms with Crippen molar-refractivity contribution in [3.63, 3.8) is 0 Å². The highest BCUT2D eigenvalue weighted by Gasteiger charge is 2.17. The van der Waals surface area contributed by atoms with E-state index < -0.39 is 0 Å². The van der Waals surface area contributed by atoms with Crippen LogP contribution >= 0.6 is 0 Å². The molecule has 122 valence electrons. The molecule has 1 aromatic heterocycles. The largest absolute Gasteiger partial charge is 0.349 e. The highest BCUT2D eigenvalue weighted by molar-refractivity contribution is 5.94. The Balaban J connectivity index is 1.46. The topological polar surface area (TPSA) is 59.8 Å². The summed E-state index contributed by atoms with van der Waals surface area (Å²) in [5, 5.41) is 11.5. The molecule has 1 amide bonds. The van der Waals surface area contributed by atoms with Gasteiger partial charge in [0.2, 0.25) is 0 Å². The summed E-state index contributed by atoms with van der Waals surface area (Å²) in [5.74, 6) is 0.0275. The minimum atomic E-state index is 0.0275. The molecule has 1 saturated carbocycles. The molecular weight excluding hydrogens is 300 g/mol. The van der Waals surface area contributed by atoms with E-state index in [1.165, 1.54) is 12.8 Å². The van der Waals surface area contributed by atoms with Crippen molar-refractivity contribution in [3.05, 3.63) is 59.7 Å². The van der Waals surface area contributed by atoms with Crippen LogP contribution in [0, 0.1) is 0 Å². The van der Waals surface area contributed by atoms with Crippen molar-refractivity contribution >= 4 is 16.9 Å². The molecule has 1 heterocycles. The molecule has 0 radical (unpaired) electrons. The van der Waals surface area contributed by atoms with Crippen LogP contribution in [-0.4, -0.2) is 26.9 Å². The molecule has 5 heteroatoms. The lowest BCUT2D eigenvalue weighted by atomic mass is 10.1. The molecule has 0 spiro atoms. The molecule has 3 aromatic rings. The summed E-state index contributed by atoms with van der Waals surface area (Å²) in [4.78, 5) is 12.3. The lowest BCUT2D eigenvalue weighted by Gasteiger charge is -2.12. The van der Waals surface area contributed by atoms with E-state index in [1.807, 2.05) is 53.2 Å². The monoisotopic (exact) mass is 320 g/mol. The Kier molecular flexibility index (Phi) is 3.99. The number of carbonyl (C=O) groups is 1. The first-order chi connectivity index (χ1) is 11.8. The van der Waals surface area contributed by atoms with Crippen LogP contribution in [-0.2, 0) is 6.54 Å². The van der Waals surface area contributed by atoms with Crippen molar-refractivity contribution in [2.24, 2.45) is 0 Å². The summed E-state index contributed by atoms with van der Waals surface area (Å²) in [5.41, 5.74) is 3.72. The van der Waals surface area contributed by atoms with Crippen molar-refractivity contribution in [2.45, 2.75) is 38.3 Å². The van der Waals surface area contributed by atoms with Gasteiger partial charge in [0.15, 0.2) is 0 Å². The zero-order chi connectivity index (χ0) is 16.4. The molecule has 24 heavy (non-hydrogen) atoms. The van der Waals surface area contributed by atoms with Crippen LogP contribution in [0.15, 0.2) is 48.5 Å². The lowest BCUT2D eigenvalue weighted by Crippen LogP contribution is -2.32. The fourth-order valence-electron chi connectivity index (χ4n) is 3.31. The maximum Gasteiger partial charge on any atom is 0.251 e. The number of nitrogens with zero attached hydrogens (tertiary/aromatic N) is 3. The number of para-hydroxylation sites is 1. The van der Waals surface area contributed by atoms with Gasteiger partial charge in [0.25, 0.3) is 5.91 Å². The van der Waals surface area contributed by atoms with Crippen molar-refractivity contribution < 1.29 is 4.79 Å². The fraction of sp³-hybridized carbons (Fsp3) is 0.316. The van der Waals surface area contributed by atoms with E-state index in [0.717, 1.165) is 29.4 Å². The molecule has 0 aliphatic heterocycles. The maximum absolute atomic E-state index is 12.3. The minimum Gasteiger partial charge on any atom is -0.349 e. The first kappa shape index (κ1) is 14.9. The summed E-state index contributed by atoms with van der Waals surface area (Å²) >= 11 is 0. The minimum absolute atomic E-state index is 0.0275. The van der Waals surface area contributed by atoms with E-state index in [0.29, 0.717) is 18.2 Å². The van der Waals surface area contributed by atoms with E-state index in [1.54, 1.807) is 0 Å². The van der Waals surface area contributed by atoms with Gasteiger partial charge in [-0.1, -0.05) is 42.3 Å². The molecule has 1 N–H and O–H groups in total. The van der Waals surface area contributed by atoms with Gasteiger partial charge in [0.05, 0.1) is 12.1 Å². The number of carbonyl (C=O) groups excluding carboxylic acids is 1. The Bertz CT molecular complexity index is 847. The fourth-order valence-corrected chi connectivity index (χ4v) is 3.31. The SMILES string of the molecule is O=C(NC1CCCC1)c1ccc(Cn2nnc3ccccc32)cc1. The van der Waals surface area contributed by atoms with E-state index in [-0.39, 0.29) is 5.91 Å². The number of aromatic nitrogens is 3. The van der Waals surface area contributed by atoms with Gasteiger partial charge in [0.1, 0.15) is 5.52 Å². The number of nitrogens with one attached hydrogen (secondary N) is 1. The summed E-state index contributed by atoms with van der Waals surface area (Å²) in [6.45, 7) is 0.644. The third-order valence-corrected chi connectivity index (χ3v) is 4.66. The van der Waals surface area contributed by atoms with Crippen molar-refractivity contribution in [1.29, 1.82) is 0 Å². The molecule has 1 fully saturated rings. The maximum atomic E-state index is 12.3. The lowest BCUT2D eigenvalue weighted by molar-refractivity contribution is 0.0938. The van der Waals surface area contributed by atoms with E-state index in [2.05, 4.69) is 15.6 Å². The molecule has 0 saturated heterocycles. The van der Waals surface area contributed by atoms with Crippen LogP contribution in [0.3, 0.4) is 0 Å². The highest BCUT2D eigenvalue weighted by Crippen LogP contribution is 2.18. The van der Waals surface area contributed by atoms with Crippen LogP contribution in [0.4, 0.5) is 0 Å². The Labute approximate surface area is 140 Å². The number of hydrogen-bond donors (Lipinski definition) is 1. The first-order valence-corrected chi connectivity index (χ1v) is 8.48. The number of benzene rings is 2.